The standard InChI is InChI=1S/C18H27FN2O2/c1-14(16-3-5-17(19)6-4-16)11-18(22)20-12-15-7-8-21(13-15)9-10-23-2/h3-6,14-15H,7-13H2,1-2H3,(H,20,22)/t14-,15-/m1/s1. The lowest BCUT2D eigenvalue weighted by Crippen LogP contribution is -2.32. The van der Waals surface area contributed by atoms with Gasteiger partial charge in [0.1, 0.15) is 5.82 Å². The molecule has 128 valence electrons. The highest BCUT2D eigenvalue weighted by Crippen LogP contribution is 2.19. The number of nitrogens with one attached hydrogen (secondary N) is 1. The highest BCUT2D eigenvalue weighted by molar-refractivity contribution is 5.76. The van der Waals surface area contributed by atoms with Crippen LogP contribution in [0.4, 0.5) is 4.39 Å². The molecule has 1 aromatic carbocycles. The molecule has 0 aromatic heterocycles. The highest BCUT2D eigenvalue weighted by Gasteiger charge is 2.22. The van der Waals surface area contributed by atoms with Gasteiger partial charge in [-0.25, -0.2) is 4.39 Å². The highest BCUT2D eigenvalue weighted by atomic mass is 19.1. The number of nitrogens with zero attached hydrogens (tertiary/aromatic N) is 1. The van der Waals surface area contributed by atoms with Crippen molar-refractivity contribution < 1.29 is 13.9 Å². The average molecular weight is 322 g/mol. The van der Waals surface area contributed by atoms with Gasteiger partial charge < -0.3 is 15.0 Å². The lowest BCUT2D eigenvalue weighted by molar-refractivity contribution is -0.121. The first-order valence-corrected chi connectivity index (χ1v) is 8.32. The van der Waals surface area contributed by atoms with Crippen LogP contribution in [0, 0.1) is 11.7 Å². The zero-order valence-electron chi connectivity index (χ0n) is 14.1. The maximum Gasteiger partial charge on any atom is 0.220 e. The summed E-state index contributed by atoms with van der Waals surface area (Å²) in [6.07, 6.45) is 1.56. The van der Waals surface area contributed by atoms with Crippen LogP contribution in [0.2, 0.25) is 0 Å². The lowest BCUT2D eigenvalue weighted by atomic mass is 9.97. The van der Waals surface area contributed by atoms with Gasteiger partial charge in [-0.2, -0.15) is 0 Å². The molecule has 1 aliphatic heterocycles. The van der Waals surface area contributed by atoms with Crippen molar-refractivity contribution in [1.82, 2.24) is 10.2 Å². The minimum absolute atomic E-state index is 0.0668. The first-order chi connectivity index (χ1) is 11.1. The van der Waals surface area contributed by atoms with E-state index in [2.05, 4.69) is 10.2 Å². The van der Waals surface area contributed by atoms with Crippen LogP contribution in [0.25, 0.3) is 0 Å². The Hall–Kier alpha value is -1.46. The van der Waals surface area contributed by atoms with E-state index in [0.717, 1.165) is 44.8 Å². The smallest absolute Gasteiger partial charge is 0.220 e. The molecular formula is C18H27FN2O2. The lowest BCUT2D eigenvalue weighted by Gasteiger charge is -2.16. The van der Waals surface area contributed by atoms with Crippen molar-refractivity contribution in [3.05, 3.63) is 35.6 Å². The van der Waals surface area contributed by atoms with Crippen LogP contribution in [-0.2, 0) is 9.53 Å². The van der Waals surface area contributed by atoms with E-state index < -0.39 is 0 Å². The topological polar surface area (TPSA) is 41.6 Å². The predicted molar refractivity (Wildman–Crippen MR) is 88.9 cm³/mol. The minimum Gasteiger partial charge on any atom is -0.383 e. The van der Waals surface area contributed by atoms with Gasteiger partial charge >= 0.3 is 0 Å². The zero-order valence-corrected chi connectivity index (χ0v) is 14.1. The van der Waals surface area contributed by atoms with E-state index in [1.54, 1.807) is 19.2 Å². The Balaban J connectivity index is 1.68. The van der Waals surface area contributed by atoms with Crippen molar-refractivity contribution in [3.63, 3.8) is 0 Å². The van der Waals surface area contributed by atoms with Crippen LogP contribution >= 0.6 is 0 Å². The summed E-state index contributed by atoms with van der Waals surface area (Å²) in [4.78, 5) is 14.5. The number of ether oxygens (including phenoxy) is 1. The number of rotatable bonds is 8. The van der Waals surface area contributed by atoms with Crippen LogP contribution in [0.5, 0.6) is 0 Å². The van der Waals surface area contributed by atoms with Crippen molar-refractivity contribution in [2.45, 2.75) is 25.7 Å². The van der Waals surface area contributed by atoms with E-state index in [4.69, 9.17) is 4.74 Å². The summed E-state index contributed by atoms with van der Waals surface area (Å²) in [5, 5.41) is 3.04. The molecule has 2 rings (SSSR count). The Bertz CT molecular complexity index is 492. The summed E-state index contributed by atoms with van der Waals surface area (Å²) in [6.45, 7) is 6.55. The molecule has 1 saturated heterocycles. The third kappa shape index (κ3) is 5.92. The second kappa shape index (κ2) is 8.99. The fourth-order valence-corrected chi connectivity index (χ4v) is 3.02. The summed E-state index contributed by atoms with van der Waals surface area (Å²) >= 11 is 0. The van der Waals surface area contributed by atoms with Crippen molar-refractivity contribution in [3.8, 4) is 0 Å². The molecule has 2 atom stereocenters. The monoisotopic (exact) mass is 322 g/mol. The van der Waals surface area contributed by atoms with Crippen LogP contribution < -0.4 is 5.32 Å². The molecule has 0 radical (unpaired) electrons. The van der Waals surface area contributed by atoms with Crippen LogP contribution in [0.3, 0.4) is 0 Å². The molecule has 1 fully saturated rings. The largest absolute Gasteiger partial charge is 0.383 e. The van der Waals surface area contributed by atoms with Gasteiger partial charge in [-0.05, 0) is 42.5 Å². The number of hydrogen-bond donors (Lipinski definition) is 1. The van der Waals surface area contributed by atoms with Crippen molar-refractivity contribution in [1.29, 1.82) is 0 Å². The number of methoxy groups -OCH3 is 1. The fraction of sp³-hybridized carbons (Fsp3) is 0.611. The van der Waals surface area contributed by atoms with Gasteiger partial charge in [-0.1, -0.05) is 19.1 Å². The number of carbonyl (C=O) groups excluding carboxylic acids is 1. The molecular weight excluding hydrogens is 295 g/mol. The van der Waals surface area contributed by atoms with Crippen LogP contribution in [0.1, 0.15) is 31.2 Å². The Kier molecular flexibility index (Phi) is 6.99. The molecule has 4 nitrogen and oxygen atoms in total. The summed E-state index contributed by atoms with van der Waals surface area (Å²) < 4.78 is 18.0. The van der Waals surface area contributed by atoms with Gasteiger partial charge in [0.25, 0.3) is 0 Å². The van der Waals surface area contributed by atoms with Gasteiger partial charge in [-0.3, -0.25) is 4.79 Å². The molecule has 23 heavy (non-hydrogen) atoms. The molecule has 0 saturated carbocycles. The number of amides is 1. The maximum absolute atomic E-state index is 12.9. The van der Waals surface area contributed by atoms with Gasteiger partial charge in [-0.15, -0.1) is 0 Å². The van der Waals surface area contributed by atoms with Gasteiger partial charge in [0.15, 0.2) is 0 Å². The summed E-state index contributed by atoms with van der Waals surface area (Å²) in [7, 11) is 1.72. The minimum atomic E-state index is -0.246. The first-order valence-electron chi connectivity index (χ1n) is 8.32. The van der Waals surface area contributed by atoms with Crippen LogP contribution in [-0.4, -0.2) is 50.7 Å². The summed E-state index contributed by atoms with van der Waals surface area (Å²) in [5.74, 6) is 0.441. The molecule has 0 spiro atoms. The molecule has 1 heterocycles. The van der Waals surface area contributed by atoms with E-state index in [-0.39, 0.29) is 17.6 Å². The molecule has 1 amide bonds. The molecule has 1 aliphatic rings. The number of carbonyl (C=O) groups is 1. The number of benzene rings is 1. The number of likely N-dealkylation sites (tertiary alicyclic amines) is 1. The maximum atomic E-state index is 12.9. The van der Waals surface area contributed by atoms with E-state index in [9.17, 15) is 9.18 Å². The van der Waals surface area contributed by atoms with E-state index in [1.165, 1.54) is 12.1 Å². The molecule has 0 unspecified atom stereocenters. The second-order valence-corrected chi connectivity index (χ2v) is 6.41. The molecule has 1 N–H and O–H groups in total. The van der Waals surface area contributed by atoms with E-state index >= 15 is 0 Å². The second-order valence-electron chi connectivity index (χ2n) is 6.41. The third-order valence-corrected chi connectivity index (χ3v) is 4.50. The van der Waals surface area contributed by atoms with Crippen molar-refractivity contribution in [2.75, 3.05) is 39.9 Å². The van der Waals surface area contributed by atoms with E-state index in [0.29, 0.717) is 12.3 Å². The fourth-order valence-electron chi connectivity index (χ4n) is 3.02. The Labute approximate surface area is 138 Å². The summed E-state index contributed by atoms with van der Waals surface area (Å²) in [5.41, 5.74) is 0.994. The number of hydrogen-bond acceptors (Lipinski definition) is 3. The van der Waals surface area contributed by atoms with Gasteiger partial charge in [0, 0.05) is 33.2 Å². The van der Waals surface area contributed by atoms with Crippen molar-refractivity contribution >= 4 is 5.91 Å². The normalized spacial score (nSPS) is 19.7. The van der Waals surface area contributed by atoms with Gasteiger partial charge in [0.05, 0.1) is 6.61 Å². The zero-order chi connectivity index (χ0) is 16.7. The van der Waals surface area contributed by atoms with Gasteiger partial charge in [0.2, 0.25) is 5.91 Å². The Morgan fingerprint density at radius 3 is 2.87 bits per heavy atom. The molecule has 0 aliphatic carbocycles. The average Bonchev–Trinajstić information content (AvgIpc) is 2.99. The Morgan fingerprint density at radius 2 is 2.17 bits per heavy atom. The summed E-state index contributed by atoms with van der Waals surface area (Å²) in [6, 6.07) is 6.38. The van der Waals surface area contributed by atoms with Crippen molar-refractivity contribution in [2.24, 2.45) is 5.92 Å². The van der Waals surface area contributed by atoms with Crippen LogP contribution in [0.15, 0.2) is 24.3 Å². The third-order valence-electron chi connectivity index (χ3n) is 4.50. The quantitative estimate of drug-likeness (QED) is 0.799. The first kappa shape index (κ1) is 17.9. The number of halogens is 1. The molecule has 0 bridgehead atoms. The molecule has 1 aromatic rings. The SMILES string of the molecule is COCCN1CC[C@H](CNC(=O)C[C@@H](C)c2ccc(F)cc2)C1. The predicted octanol–water partition coefficient (Wildman–Crippen LogP) is 2.40. The van der Waals surface area contributed by atoms with E-state index in [1.807, 2.05) is 6.92 Å². The Morgan fingerprint density at radius 1 is 1.43 bits per heavy atom. The molecule has 5 heteroatoms.